The number of nitrogens with zero attached hydrogens (tertiary/aromatic N) is 1. The molecule has 2 bridgehead atoms. The summed E-state index contributed by atoms with van der Waals surface area (Å²) in [6.45, 7) is 0.733. The predicted molar refractivity (Wildman–Crippen MR) is 77.3 cm³/mol. The van der Waals surface area contributed by atoms with Crippen molar-refractivity contribution in [3.8, 4) is 0 Å². The summed E-state index contributed by atoms with van der Waals surface area (Å²) < 4.78 is 0. The molecule has 1 aromatic carbocycles. The van der Waals surface area contributed by atoms with Crippen LogP contribution in [0, 0.1) is 5.41 Å². The van der Waals surface area contributed by atoms with Gasteiger partial charge in [0.15, 0.2) is 0 Å². The molecule has 0 unspecified atom stereocenters. The van der Waals surface area contributed by atoms with Crippen molar-refractivity contribution in [3.05, 3.63) is 42.2 Å². The van der Waals surface area contributed by atoms with Gasteiger partial charge in [0.05, 0.1) is 0 Å². The maximum absolute atomic E-state index is 12.5. The number of amides is 1. The summed E-state index contributed by atoms with van der Waals surface area (Å²) in [5.74, 6) is -0.0629. The summed E-state index contributed by atoms with van der Waals surface area (Å²) in [5.41, 5.74) is 6.59. The Bertz CT molecular complexity index is 685. The Hall–Kier alpha value is -1.94. The minimum Gasteiger partial charge on any atom is -0.345 e. The second-order valence-electron chi connectivity index (χ2n) is 6.35. The van der Waals surface area contributed by atoms with Crippen molar-refractivity contribution >= 4 is 16.7 Å². The van der Waals surface area contributed by atoms with Crippen LogP contribution in [-0.4, -0.2) is 23.0 Å². The summed E-state index contributed by atoms with van der Waals surface area (Å²) >= 11 is 0. The fraction of sp³-hybridized carbons (Fsp3) is 0.375. The Labute approximate surface area is 117 Å². The molecule has 20 heavy (non-hydrogen) atoms. The third-order valence-corrected chi connectivity index (χ3v) is 4.84. The smallest absolute Gasteiger partial charge is 0.270 e. The van der Waals surface area contributed by atoms with E-state index < -0.39 is 0 Å². The van der Waals surface area contributed by atoms with Gasteiger partial charge >= 0.3 is 0 Å². The van der Waals surface area contributed by atoms with E-state index in [0.29, 0.717) is 11.1 Å². The Kier molecular flexibility index (Phi) is 2.25. The van der Waals surface area contributed by atoms with Crippen molar-refractivity contribution in [1.82, 2.24) is 10.3 Å². The van der Waals surface area contributed by atoms with E-state index >= 15 is 0 Å². The normalized spacial score (nSPS) is 30.4. The van der Waals surface area contributed by atoms with Crippen molar-refractivity contribution in [2.24, 2.45) is 11.1 Å². The third-order valence-electron chi connectivity index (χ3n) is 4.84. The number of nitrogens with one attached hydrogen (secondary N) is 1. The number of fused-ring (bicyclic) bond motifs is 1. The van der Waals surface area contributed by atoms with Gasteiger partial charge in [0.1, 0.15) is 5.69 Å². The van der Waals surface area contributed by atoms with Gasteiger partial charge in [-0.2, -0.15) is 0 Å². The molecule has 3 N–H and O–H groups in total. The van der Waals surface area contributed by atoms with Crippen LogP contribution < -0.4 is 11.1 Å². The van der Waals surface area contributed by atoms with Gasteiger partial charge in [0.25, 0.3) is 5.91 Å². The van der Waals surface area contributed by atoms with E-state index in [1.54, 1.807) is 6.20 Å². The Morgan fingerprint density at radius 3 is 2.75 bits per heavy atom. The second kappa shape index (κ2) is 3.79. The quantitative estimate of drug-likeness (QED) is 0.891. The number of aromatic nitrogens is 1. The zero-order valence-electron chi connectivity index (χ0n) is 11.2. The summed E-state index contributed by atoms with van der Waals surface area (Å²) in [6.07, 6.45) is 4.76. The first kappa shape index (κ1) is 11.9. The van der Waals surface area contributed by atoms with E-state index in [4.69, 9.17) is 5.73 Å². The molecule has 4 nitrogen and oxygen atoms in total. The summed E-state index contributed by atoms with van der Waals surface area (Å²) in [5, 5.41) is 5.12. The Balaban J connectivity index is 1.60. The Morgan fingerprint density at radius 1 is 1.25 bits per heavy atom. The molecule has 3 aliphatic carbocycles. The van der Waals surface area contributed by atoms with Gasteiger partial charge in [-0.25, -0.2) is 0 Å². The first-order chi connectivity index (χ1) is 9.65. The van der Waals surface area contributed by atoms with Gasteiger partial charge in [-0.15, -0.1) is 0 Å². The number of hydrogen-bond donors (Lipinski definition) is 2. The highest BCUT2D eigenvalue weighted by Crippen LogP contribution is 2.66. The van der Waals surface area contributed by atoms with Crippen LogP contribution in [-0.2, 0) is 0 Å². The van der Waals surface area contributed by atoms with Gasteiger partial charge < -0.3 is 11.1 Å². The summed E-state index contributed by atoms with van der Waals surface area (Å²) in [4.78, 5) is 16.7. The molecule has 3 fully saturated rings. The molecular weight excluding hydrogens is 250 g/mol. The average molecular weight is 267 g/mol. The predicted octanol–water partition coefficient (Wildman–Crippen LogP) is 1.85. The first-order valence-electron chi connectivity index (χ1n) is 7.02. The lowest BCUT2D eigenvalue weighted by Gasteiger charge is -2.70. The Morgan fingerprint density at radius 2 is 2.00 bits per heavy atom. The average Bonchev–Trinajstić information content (AvgIpc) is 2.40. The van der Waals surface area contributed by atoms with E-state index in [-0.39, 0.29) is 11.4 Å². The molecule has 5 rings (SSSR count). The molecule has 2 aromatic rings. The van der Waals surface area contributed by atoms with Crippen LogP contribution in [0.3, 0.4) is 0 Å². The van der Waals surface area contributed by atoms with Crippen LogP contribution in [0.15, 0.2) is 36.5 Å². The maximum atomic E-state index is 12.5. The van der Waals surface area contributed by atoms with Crippen LogP contribution in [0.2, 0.25) is 0 Å². The van der Waals surface area contributed by atoms with Crippen molar-refractivity contribution in [1.29, 1.82) is 0 Å². The van der Waals surface area contributed by atoms with E-state index in [1.807, 2.05) is 30.3 Å². The molecule has 0 saturated heterocycles. The van der Waals surface area contributed by atoms with Crippen LogP contribution in [0.25, 0.3) is 10.8 Å². The number of carbonyl (C=O) groups excluding carboxylic acids is 1. The highest BCUT2D eigenvalue weighted by atomic mass is 16.2. The molecule has 3 saturated carbocycles. The van der Waals surface area contributed by atoms with E-state index in [9.17, 15) is 4.79 Å². The molecule has 1 aromatic heterocycles. The minimum atomic E-state index is -0.0629. The number of carbonyl (C=O) groups is 1. The van der Waals surface area contributed by atoms with Crippen molar-refractivity contribution in [2.75, 3.05) is 6.54 Å². The highest BCUT2D eigenvalue weighted by Gasteiger charge is 2.67. The van der Waals surface area contributed by atoms with Crippen LogP contribution in [0.1, 0.15) is 29.8 Å². The number of rotatable bonds is 3. The van der Waals surface area contributed by atoms with Crippen molar-refractivity contribution in [2.45, 2.75) is 24.8 Å². The lowest BCUT2D eigenvalue weighted by molar-refractivity contribution is -0.139. The lowest BCUT2D eigenvalue weighted by atomic mass is 9.39. The van der Waals surface area contributed by atoms with E-state index in [2.05, 4.69) is 10.3 Å². The molecular formula is C16H17N3O. The standard InChI is InChI=1S/C16H17N3O/c17-10-15-7-16(8-15,9-15)19-14(20)13-12-4-2-1-3-11(12)5-6-18-13/h1-6H,7-10,17H2,(H,19,20). The molecule has 102 valence electrons. The molecule has 0 spiro atoms. The maximum Gasteiger partial charge on any atom is 0.270 e. The van der Waals surface area contributed by atoms with Gasteiger partial charge in [0.2, 0.25) is 0 Å². The van der Waals surface area contributed by atoms with Crippen LogP contribution >= 0.6 is 0 Å². The number of benzene rings is 1. The molecule has 0 radical (unpaired) electrons. The summed E-state index contributed by atoms with van der Waals surface area (Å²) in [6, 6.07) is 9.77. The fourth-order valence-corrected chi connectivity index (χ4v) is 3.95. The summed E-state index contributed by atoms with van der Waals surface area (Å²) in [7, 11) is 0. The molecule has 0 atom stereocenters. The topological polar surface area (TPSA) is 68.0 Å². The first-order valence-corrected chi connectivity index (χ1v) is 7.02. The van der Waals surface area contributed by atoms with Crippen molar-refractivity contribution < 1.29 is 4.79 Å². The number of hydrogen-bond acceptors (Lipinski definition) is 3. The monoisotopic (exact) mass is 267 g/mol. The highest BCUT2D eigenvalue weighted by molar-refractivity contribution is 6.05. The van der Waals surface area contributed by atoms with E-state index in [0.717, 1.165) is 36.6 Å². The van der Waals surface area contributed by atoms with Crippen LogP contribution in [0.5, 0.6) is 0 Å². The number of nitrogens with two attached hydrogens (primary N) is 1. The van der Waals surface area contributed by atoms with E-state index in [1.165, 1.54) is 0 Å². The molecule has 3 aliphatic rings. The zero-order valence-corrected chi connectivity index (χ0v) is 11.2. The third kappa shape index (κ3) is 1.51. The fourth-order valence-electron chi connectivity index (χ4n) is 3.95. The molecule has 1 amide bonds. The van der Waals surface area contributed by atoms with Gasteiger partial charge in [-0.1, -0.05) is 24.3 Å². The lowest BCUT2D eigenvalue weighted by Crippen LogP contribution is -2.76. The minimum absolute atomic E-state index is 0.00488. The molecule has 4 heteroatoms. The molecule has 0 aliphatic heterocycles. The SMILES string of the molecule is NCC12CC(NC(=O)c3nccc4ccccc34)(C1)C2. The second-order valence-corrected chi connectivity index (χ2v) is 6.35. The van der Waals surface area contributed by atoms with Crippen LogP contribution in [0.4, 0.5) is 0 Å². The largest absolute Gasteiger partial charge is 0.345 e. The van der Waals surface area contributed by atoms with Gasteiger partial charge in [-0.05, 0) is 42.7 Å². The van der Waals surface area contributed by atoms with Gasteiger partial charge in [-0.3, -0.25) is 9.78 Å². The van der Waals surface area contributed by atoms with Crippen molar-refractivity contribution in [3.63, 3.8) is 0 Å². The zero-order chi connectivity index (χ0) is 13.8. The molecule has 1 heterocycles. The number of pyridine rings is 1. The van der Waals surface area contributed by atoms with Gasteiger partial charge in [0, 0.05) is 17.1 Å².